The molecule has 2 aromatic rings. The van der Waals surface area contributed by atoms with E-state index in [1.165, 1.54) is 7.11 Å². The summed E-state index contributed by atoms with van der Waals surface area (Å²) in [5, 5.41) is 2.87. The number of nitrogens with one attached hydrogen (secondary N) is 1. The van der Waals surface area contributed by atoms with Gasteiger partial charge < -0.3 is 19.5 Å². The van der Waals surface area contributed by atoms with Crippen molar-refractivity contribution in [2.45, 2.75) is 6.92 Å². The molecule has 1 amide bonds. The van der Waals surface area contributed by atoms with Gasteiger partial charge in [-0.2, -0.15) is 0 Å². The Bertz CT molecular complexity index is 682. The summed E-state index contributed by atoms with van der Waals surface area (Å²) in [7, 11) is 4.64. The number of aryl methyl sites for hydroxylation is 1. The van der Waals surface area contributed by atoms with Gasteiger partial charge in [0.1, 0.15) is 17.2 Å². The molecule has 116 valence electrons. The van der Waals surface area contributed by atoms with Gasteiger partial charge in [-0.05, 0) is 30.7 Å². The normalized spacial score (nSPS) is 10.0. The molecule has 0 aromatic heterocycles. The van der Waals surface area contributed by atoms with Gasteiger partial charge in [-0.15, -0.1) is 0 Å². The standard InChI is InChI=1S/C17H19NO4/c1-11-6-5-7-14(21-3)16(11)18-17(19)13-9-8-12(20-2)10-15(13)22-4/h5-10H,1-4H3,(H,18,19). The monoisotopic (exact) mass is 301 g/mol. The summed E-state index contributed by atoms with van der Waals surface area (Å²) in [4.78, 5) is 12.5. The smallest absolute Gasteiger partial charge is 0.259 e. The molecule has 0 aliphatic heterocycles. The molecule has 0 radical (unpaired) electrons. The predicted octanol–water partition coefficient (Wildman–Crippen LogP) is 3.27. The van der Waals surface area contributed by atoms with Crippen molar-refractivity contribution in [3.63, 3.8) is 0 Å². The number of benzene rings is 2. The van der Waals surface area contributed by atoms with Crippen molar-refractivity contribution >= 4 is 11.6 Å². The lowest BCUT2D eigenvalue weighted by atomic mass is 10.1. The number of carbonyl (C=O) groups excluding carboxylic acids is 1. The minimum Gasteiger partial charge on any atom is -0.497 e. The second-order valence-corrected chi connectivity index (χ2v) is 4.67. The molecule has 2 aromatic carbocycles. The zero-order chi connectivity index (χ0) is 16.1. The molecule has 0 heterocycles. The molecule has 0 unspecified atom stereocenters. The van der Waals surface area contributed by atoms with Crippen LogP contribution in [0.5, 0.6) is 17.2 Å². The largest absolute Gasteiger partial charge is 0.497 e. The molecule has 0 spiro atoms. The molecule has 5 nitrogen and oxygen atoms in total. The SMILES string of the molecule is COc1ccc(C(=O)Nc2c(C)cccc2OC)c(OC)c1. The van der Waals surface area contributed by atoms with E-state index in [-0.39, 0.29) is 5.91 Å². The summed E-state index contributed by atoms with van der Waals surface area (Å²) in [6.07, 6.45) is 0. The number of amides is 1. The highest BCUT2D eigenvalue weighted by molar-refractivity contribution is 6.07. The van der Waals surface area contributed by atoms with Crippen LogP contribution in [0.3, 0.4) is 0 Å². The van der Waals surface area contributed by atoms with Gasteiger partial charge >= 0.3 is 0 Å². The Morgan fingerprint density at radius 1 is 0.955 bits per heavy atom. The van der Waals surface area contributed by atoms with Gasteiger partial charge in [0.05, 0.1) is 32.6 Å². The van der Waals surface area contributed by atoms with E-state index in [2.05, 4.69) is 5.32 Å². The van der Waals surface area contributed by atoms with Crippen molar-refractivity contribution in [3.8, 4) is 17.2 Å². The number of methoxy groups -OCH3 is 3. The van der Waals surface area contributed by atoms with Crippen LogP contribution in [0, 0.1) is 6.92 Å². The fraction of sp³-hybridized carbons (Fsp3) is 0.235. The van der Waals surface area contributed by atoms with Gasteiger partial charge in [-0.25, -0.2) is 0 Å². The van der Waals surface area contributed by atoms with Gasteiger partial charge in [0.15, 0.2) is 0 Å². The van der Waals surface area contributed by atoms with E-state index in [9.17, 15) is 4.79 Å². The van der Waals surface area contributed by atoms with Crippen molar-refractivity contribution in [1.82, 2.24) is 0 Å². The van der Waals surface area contributed by atoms with E-state index in [1.54, 1.807) is 38.5 Å². The van der Waals surface area contributed by atoms with E-state index in [4.69, 9.17) is 14.2 Å². The third kappa shape index (κ3) is 3.14. The van der Waals surface area contributed by atoms with Crippen LogP contribution >= 0.6 is 0 Å². The van der Waals surface area contributed by atoms with Gasteiger partial charge in [0, 0.05) is 6.07 Å². The van der Waals surface area contributed by atoms with Gasteiger partial charge in [-0.3, -0.25) is 4.79 Å². The van der Waals surface area contributed by atoms with E-state index >= 15 is 0 Å². The quantitative estimate of drug-likeness (QED) is 0.921. The molecule has 0 atom stereocenters. The molecule has 0 saturated heterocycles. The van der Waals surface area contributed by atoms with Crippen LogP contribution in [0.4, 0.5) is 5.69 Å². The summed E-state index contributed by atoms with van der Waals surface area (Å²) in [6, 6.07) is 10.6. The highest BCUT2D eigenvalue weighted by Gasteiger charge is 2.16. The lowest BCUT2D eigenvalue weighted by Crippen LogP contribution is -2.14. The highest BCUT2D eigenvalue weighted by atomic mass is 16.5. The minimum absolute atomic E-state index is 0.271. The number of hydrogen-bond acceptors (Lipinski definition) is 4. The topological polar surface area (TPSA) is 56.8 Å². The van der Waals surface area contributed by atoms with Crippen LogP contribution in [0.1, 0.15) is 15.9 Å². The summed E-state index contributed by atoms with van der Waals surface area (Å²) in [5.41, 5.74) is 1.99. The Balaban J connectivity index is 2.34. The molecular formula is C17H19NO4. The van der Waals surface area contributed by atoms with Crippen LogP contribution in [-0.2, 0) is 0 Å². The third-order valence-corrected chi connectivity index (χ3v) is 3.35. The van der Waals surface area contributed by atoms with Crippen molar-refractivity contribution in [2.24, 2.45) is 0 Å². The van der Waals surface area contributed by atoms with Gasteiger partial charge in [0.25, 0.3) is 5.91 Å². The zero-order valence-electron chi connectivity index (χ0n) is 13.1. The van der Waals surface area contributed by atoms with Crippen LogP contribution in [0.15, 0.2) is 36.4 Å². The second-order valence-electron chi connectivity index (χ2n) is 4.67. The molecule has 0 aliphatic carbocycles. The van der Waals surface area contributed by atoms with Crippen LogP contribution < -0.4 is 19.5 Å². The van der Waals surface area contributed by atoms with Crippen LogP contribution in [-0.4, -0.2) is 27.2 Å². The Kier molecular flexibility index (Phi) is 4.88. The molecule has 1 N–H and O–H groups in total. The molecule has 5 heteroatoms. The number of para-hydroxylation sites is 1. The Hall–Kier alpha value is -2.69. The number of carbonyl (C=O) groups is 1. The van der Waals surface area contributed by atoms with Crippen LogP contribution in [0.2, 0.25) is 0 Å². The van der Waals surface area contributed by atoms with Crippen LogP contribution in [0.25, 0.3) is 0 Å². The molecule has 0 bridgehead atoms. The maximum absolute atomic E-state index is 12.5. The maximum Gasteiger partial charge on any atom is 0.259 e. The van der Waals surface area contributed by atoms with E-state index in [0.29, 0.717) is 28.5 Å². The van der Waals surface area contributed by atoms with Crippen molar-refractivity contribution in [2.75, 3.05) is 26.6 Å². The van der Waals surface area contributed by atoms with Crippen molar-refractivity contribution in [1.29, 1.82) is 0 Å². The van der Waals surface area contributed by atoms with E-state index < -0.39 is 0 Å². The molecular weight excluding hydrogens is 282 g/mol. The lowest BCUT2D eigenvalue weighted by molar-refractivity contribution is 0.102. The summed E-state index contributed by atoms with van der Waals surface area (Å²) in [5.74, 6) is 1.42. The van der Waals surface area contributed by atoms with E-state index in [1.807, 2.05) is 19.1 Å². The van der Waals surface area contributed by atoms with Gasteiger partial charge in [0.2, 0.25) is 0 Å². The molecule has 0 saturated carbocycles. The fourth-order valence-corrected chi connectivity index (χ4v) is 2.14. The highest BCUT2D eigenvalue weighted by Crippen LogP contribution is 2.30. The predicted molar refractivity (Wildman–Crippen MR) is 85.2 cm³/mol. The number of ether oxygens (including phenoxy) is 3. The Morgan fingerprint density at radius 2 is 1.68 bits per heavy atom. The van der Waals surface area contributed by atoms with Crippen molar-refractivity contribution in [3.05, 3.63) is 47.5 Å². The first-order valence-corrected chi connectivity index (χ1v) is 6.77. The molecule has 0 fully saturated rings. The Labute approximate surface area is 129 Å². The lowest BCUT2D eigenvalue weighted by Gasteiger charge is -2.14. The zero-order valence-corrected chi connectivity index (χ0v) is 13.1. The molecule has 0 aliphatic rings. The van der Waals surface area contributed by atoms with Crippen molar-refractivity contribution < 1.29 is 19.0 Å². The molecule has 2 rings (SSSR count). The average molecular weight is 301 g/mol. The summed E-state index contributed by atoms with van der Waals surface area (Å²) in [6.45, 7) is 1.91. The average Bonchev–Trinajstić information content (AvgIpc) is 2.55. The number of rotatable bonds is 5. The first-order valence-electron chi connectivity index (χ1n) is 6.77. The molecule has 22 heavy (non-hydrogen) atoms. The Morgan fingerprint density at radius 3 is 2.32 bits per heavy atom. The summed E-state index contributed by atoms with van der Waals surface area (Å²) >= 11 is 0. The summed E-state index contributed by atoms with van der Waals surface area (Å²) < 4.78 is 15.7. The van der Waals surface area contributed by atoms with Gasteiger partial charge in [-0.1, -0.05) is 12.1 Å². The number of hydrogen-bond donors (Lipinski definition) is 1. The maximum atomic E-state index is 12.5. The third-order valence-electron chi connectivity index (χ3n) is 3.35. The first-order chi connectivity index (χ1) is 10.6. The second kappa shape index (κ2) is 6.85. The number of anilines is 1. The minimum atomic E-state index is -0.271. The first kappa shape index (κ1) is 15.7. The fourth-order valence-electron chi connectivity index (χ4n) is 2.14. The van der Waals surface area contributed by atoms with E-state index in [0.717, 1.165) is 5.56 Å².